The molecule has 0 amide bonds. The van der Waals surface area contributed by atoms with Crippen molar-refractivity contribution < 1.29 is 35.5 Å². The van der Waals surface area contributed by atoms with E-state index < -0.39 is 53.4 Å². The van der Waals surface area contributed by atoms with Gasteiger partial charge in [-0.3, -0.25) is 4.98 Å². The minimum absolute atomic E-state index is 0.238. The number of rotatable bonds is 7. The van der Waals surface area contributed by atoms with Crippen molar-refractivity contribution in [2.24, 2.45) is 0 Å². The van der Waals surface area contributed by atoms with Gasteiger partial charge in [0.2, 0.25) is 0 Å². The molecule has 0 bridgehead atoms. The summed E-state index contributed by atoms with van der Waals surface area (Å²) in [7, 11) is 0. The van der Waals surface area contributed by atoms with Crippen LogP contribution in [-0.2, 0) is 12.5 Å². The molecule has 0 N–H and O–H groups in total. The molecule has 0 radical (unpaired) electrons. The van der Waals surface area contributed by atoms with Gasteiger partial charge in [-0.15, -0.1) is 18.3 Å². The average molecular weight is 497 g/mol. The normalized spacial score (nSPS) is 13.0. The van der Waals surface area contributed by atoms with Gasteiger partial charge in [0.1, 0.15) is 29.4 Å². The Bertz CT molecular complexity index is 1290. The van der Waals surface area contributed by atoms with Gasteiger partial charge in [-0.1, -0.05) is 24.3 Å². The minimum atomic E-state index is -4.90. The van der Waals surface area contributed by atoms with Crippen LogP contribution in [-0.4, -0.2) is 31.6 Å². The average Bonchev–Trinajstić information content (AvgIpc) is 3.30. The van der Waals surface area contributed by atoms with Crippen LogP contribution in [0.1, 0.15) is 17.2 Å². The lowest BCUT2D eigenvalue weighted by Gasteiger charge is -2.27. The monoisotopic (exact) mass is 497 g/mol. The summed E-state index contributed by atoms with van der Waals surface area (Å²) in [5.74, 6) is -8.24. The molecule has 2 aromatic heterocycles. The second-order valence-corrected chi connectivity index (χ2v) is 7.38. The fourth-order valence-corrected chi connectivity index (χ4v) is 3.46. The van der Waals surface area contributed by atoms with Gasteiger partial charge in [0.15, 0.2) is 0 Å². The molecule has 6 nitrogen and oxygen atoms in total. The topological polar surface area (TPSA) is 65.7 Å². The quantitative estimate of drug-likeness (QED) is 0.316. The Morgan fingerprint density at radius 3 is 2.34 bits per heavy atom. The van der Waals surface area contributed by atoms with Crippen molar-refractivity contribution in [3.05, 3.63) is 90.0 Å². The lowest BCUT2D eigenvalue weighted by molar-refractivity contribution is -0.274. The van der Waals surface area contributed by atoms with Crippen LogP contribution in [0.15, 0.2) is 67.1 Å². The molecule has 13 heteroatoms. The van der Waals surface area contributed by atoms with Crippen molar-refractivity contribution >= 4 is 0 Å². The van der Waals surface area contributed by atoms with Crippen LogP contribution in [0, 0.1) is 11.6 Å². The molecule has 0 aliphatic heterocycles. The third-order valence-electron chi connectivity index (χ3n) is 5.04. The molecule has 2 heterocycles. The van der Waals surface area contributed by atoms with Crippen LogP contribution in [0.25, 0.3) is 11.1 Å². The van der Waals surface area contributed by atoms with E-state index in [-0.39, 0.29) is 11.1 Å². The molecular formula is C22H14F7N5O. The zero-order valence-electron chi connectivity index (χ0n) is 17.4. The fourth-order valence-electron chi connectivity index (χ4n) is 3.46. The van der Waals surface area contributed by atoms with Gasteiger partial charge in [-0.2, -0.15) is 8.78 Å². The number of nitrogens with zero attached hydrogens (tertiary/aromatic N) is 5. The molecule has 4 rings (SSSR count). The summed E-state index contributed by atoms with van der Waals surface area (Å²) in [4.78, 5) is 3.78. The summed E-state index contributed by atoms with van der Waals surface area (Å²) in [6.45, 7) is -0.553. The summed E-state index contributed by atoms with van der Waals surface area (Å²) in [5.41, 5.74) is -0.744. The van der Waals surface area contributed by atoms with Crippen LogP contribution in [0.5, 0.6) is 5.75 Å². The van der Waals surface area contributed by atoms with Crippen LogP contribution in [0.3, 0.4) is 0 Å². The predicted molar refractivity (Wildman–Crippen MR) is 107 cm³/mol. The Kier molecular flexibility index (Phi) is 6.41. The van der Waals surface area contributed by atoms with Gasteiger partial charge in [-0.05, 0) is 45.8 Å². The van der Waals surface area contributed by atoms with E-state index in [4.69, 9.17) is 0 Å². The van der Waals surface area contributed by atoms with Crippen molar-refractivity contribution in [1.82, 2.24) is 25.2 Å². The lowest BCUT2D eigenvalue weighted by atomic mass is 9.89. The fraction of sp³-hybridized carbons (Fsp3) is 0.182. The zero-order chi connectivity index (χ0) is 25.2. The van der Waals surface area contributed by atoms with E-state index in [0.29, 0.717) is 6.07 Å². The number of hydrogen-bond acceptors (Lipinski definition) is 5. The molecular weight excluding hydrogens is 483 g/mol. The van der Waals surface area contributed by atoms with Crippen molar-refractivity contribution in [3.63, 3.8) is 0 Å². The molecule has 0 aliphatic carbocycles. The molecule has 1 atom stereocenters. The van der Waals surface area contributed by atoms with Gasteiger partial charge in [-0.25, -0.2) is 13.5 Å². The molecule has 0 aliphatic rings. The number of ether oxygens (including phenoxy) is 1. The highest BCUT2D eigenvalue weighted by Gasteiger charge is 2.45. The summed E-state index contributed by atoms with van der Waals surface area (Å²) in [5, 5.41) is 10.3. The first-order valence-electron chi connectivity index (χ1n) is 9.89. The van der Waals surface area contributed by atoms with Crippen molar-refractivity contribution in [2.45, 2.75) is 24.7 Å². The molecule has 35 heavy (non-hydrogen) atoms. The van der Waals surface area contributed by atoms with Gasteiger partial charge >= 0.3 is 6.36 Å². The Labute approximate surface area is 193 Å². The Hall–Kier alpha value is -4.03. The smallest absolute Gasteiger partial charge is 0.406 e. The van der Waals surface area contributed by atoms with E-state index in [0.717, 1.165) is 47.5 Å². The number of halogens is 7. The first kappa shape index (κ1) is 24.1. The van der Waals surface area contributed by atoms with Crippen LogP contribution >= 0.6 is 0 Å². The van der Waals surface area contributed by atoms with Gasteiger partial charge in [0.25, 0.3) is 5.92 Å². The second-order valence-electron chi connectivity index (χ2n) is 7.38. The number of hydrogen-bond donors (Lipinski definition) is 0. The molecule has 182 valence electrons. The highest BCUT2D eigenvalue weighted by Crippen LogP contribution is 2.43. The van der Waals surface area contributed by atoms with Gasteiger partial charge < -0.3 is 4.74 Å². The van der Waals surface area contributed by atoms with E-state index in [1.165, 1.54) is 18.2 Å². The van der Waals surface area contributed by atoms with Gasteiger partial charge in [0.05, 0.1) is 12.5 Å². The first-order valence-corrected chi connectivity index (χ1v) is 9.89. The first-order chi connectivity index (χ1) is 16.5. The van der Waals surface area contributed by atoms with Crippen molar-refractivity contribution in [3.8, 4) is 16.9 Å². The van der Waals surface area contributed by atoms with Crippen molar-refractivity contribution in [1.29, 1.82) is 0 Å². The molecule has 0 saturated heterocycles. The molecule has 0 spiro atoms. The van der Waals surface area contributed by atoms with E-state index >= 15 is 8.78 Å². The Morgan fingerprint density at radius 1 is 0.914 bits per heavy atom. The molecule has 0 saturated carbocycles. The maximum atomic E-state index is 15.6. The lowest BCUT2D eigenvalue weighted by Crippen LogP contribution is -2.30. The Balaban J connectivity index is 1.67. The number of tetrazole rings is 1. The standard InChI is InChI=1S/C22H14F7N5O/c23-15-5-6-17(19(24)9-15)18(11-34-12-31-32-33-34)21(25,26)20-7-4-14(10-30-20)13-2-1-3-16(8-13)35-22(27,28)29/h1-10,12,18H,11H2. The minimum Gasteiger partial charge on any atom is -0.406 e. The number of pyridine rings is 1. The SMILES string of the molecule is Fc1ccc(C(Cn2cnnn2)C(F)(F)c2ccc(-c3cccc(OC(F)(F)F)c3)cn2)c(F)c1. The van der Waals surface area contributed by atoms with E-state index in [1.807, 2.05) is 0 Å². The third-order valence-corrected chi connectivity index (χ3v) is 5.04. The summed E-state index contributed by atoms with van der Waals surface area (Å²) in [6, 6.07) is 9.39. The zero-order valence-corrected chi connectivity index (χ0v) is 17.4. The molecule has 0 fully saturated rings. The second kappa shape index (κ2) is 9.31. The molecule has 2 aromatic carbocycles. The van der Waals surface area contributed by atoms with E-state index in [1.54, 1.807) is 0 Å². The largest absolute Gasteiger partial charge is 0.573 e. The predicted octanol–water partition coefficient (Wildman–Crippen LogP) is 5.49. The number of benzene rings is 2. The van der Waals surface area contributed by atoms with Crippen LogP contribution in [0.4, 0.5) is 30.7 Å². The maximum Gasteiger partial charge on any atom is 0.573 e. The maximum absolute atomic E-state index is 15.6. The van der Waals surface area contributed by atoms with Crippen LogP contribution < -0.4 is 4.74 Å². The third kappa shape index (κ3) is 5.55. The number of aromatic nitrogens is 5. The Morgan fingerprint density at radius 2 is 1.71 bits per heavy atom. The van der Waals surface area contributed by atoms with E-state index in [2.05, 4.69) is 25.2 Å². The molecule has 4 aromatic rings. The van der Waals surface area contributed by atoms with Crippen molar-refractivity contribution in [2.75, 3.05) is 0 Å². The van der Waals surface area contributed by atoms with E-state index in [9.17, 15) is 22.0 Å². The number of alkyl halides is 5. The summed E-state index contributed by atoms with van der Waals surface area (Å²) in [6.07, 6.45) is -2.78. The highest BCUT2D eigenvalue weighted by molar-refractivity contribution is 5.64. The van der Waals surface area contributed by atoms with Gasteiger partial charge in [0, 0.05) is 17.8 Å². The highest BCUT2D eigenvalue weighted by atomic mass is 19.4. The summed E-state index contributed by atoms with van der Waals surface area (Å²) >= 11 is 0. The molecule has 1 unspecified atom stereocenters. The van der Waals surface area contributed by atoms with Crippen LogP contribution in [0.2, 0.25) is 0 Å². The summed E-state index contributed by atoms with van der Waals surface area (Å²) < 4.78 is 101.